The SMILES string of the molecule is CCCC.CNC(=O)C(C)NC.[CH2-]c1ccccc1C.[Y]. The number of hydrogen-bond acceptors (Lipinski definition) is 2. The topological polar surface area (TPSA) is 41.1 Å². The Morgan fingerprint density at radius 1 is 1.19 bits per heavy atom. The summed E-state index contributed by atoms with van der Waals surface area (Å²) in [6, 6.07) is 8.00. The Kier molecular flexibility index (Phi) is 21.5. The molecular weight excluding hydrogens is 337 g/mol. The van der Waals surface area contributed by atoms with Gasteiger partial charge in [-0.25, -0.2) is 0 Å². The molecule has 1 amide bonds. The van der Waals surface area contributed by atoms with Crippen molar-refractivity contribution in [2.75, 3.05) is 14.1 Å². The monoisotopic (exact) mass is 368 g/mol. The number of carbonyl (C=O) groups excluding carboxylic acids is 1. The predicted molar refractivity (Wildman–Crippen MR) is 88.8 cm³/mol. The van der Waals surface area contributed by atoms with E-state index in [0.29, 0.717) is 0 Å². The van der Waals surface area contributed by atoms with Crippen LogP contribution in [0.15, 0.2) is 24.3 Å². The van der Waals surface area contributed by atoms with E-state index in [-0.39, 0.29) is 44.7 Å². The Bertz CT molecular complexity index is 333. The molecule has 0 aliphatic rings. The minimum Gasteiger partial charge on any atom is -0.358 e. The minimum atomic E-state index is -0.0833. The first-order chi connectivity index (χ1) is 9.44. The van der Waals surface area contributed by atoms with E-state index in [0.717, 1.165) is 5.56 Å². The number of nitrogens with one attached hydrogen (secondary N) is 2. The van der Waals surface area contributed by atoms with E-state index < -0.39 is 0 Å². The third kappa shape index (κ3) is 15.8. The molecule has 1 aromatic carbocycles. The summed E-state index contributed by atoms with van der Waals surface area (Å²) in [5.74, 6) is 0.0208. The first-order valence-electron chi connectivity index (χ1n) is 7.20. The zero-order chi connectivity index (χ0) is 16.0. The van der Waals surface area contributed by atoms with Gasteiger partial charge in [0.15, 0.2) is 0 Å². The average molecular weight is 368 g/mol. The van der Waals surface area contributed by atoms with Crippen LogP contribution in [0.1, 0.15) is 44.7 Å². The number of likely N-dealkylation sites (N-methyl/N-ethyl adjacent to an activating group) is 2. The zero-order valence-electron chi connectivity index (χ0n) is 14.5. The third-order valence-corrected chi connectivity index (χ3v) is 2.83. The largest absolute Gasteiger partial charge is 0.358 e. The maximum atomic E-state index is 10.6. The van der Waals surface area contributed by atoms with Crippen LogP contribution in [0.4, 0.5) is 0 Å². The summed E-state index contributed by atoms with van der Waals surface area (Å²) in [4.78, 5) is 10.6. The van der Waals surface area contributed by atoms with E-state index >= 15 is 0 Å². The zero-order valence-corrected chi connectivity index (χ0v) is 17.3. The summed E-state index contributed by atoms with van der Waals surface area (Å²) in [6.45, 7) is 12.0. The first kappa shape index (κ1) is 25.6. The number of benzene rings is 1. The smallest absolute Gasteiger partial charge is 0.236 e. The minimum absolute atomic E-state index is 0. The van der Waals surface area contributed by atoms with Crippen LogP contribution < -0.4 is 10.6 Å². The van der Waals surface area contributed by atoms with Gasteiger partial charge in [0.25, 0.3) is 0 Å². The number of aryl methyl sites for hydroxylation is 1. The van der Waals surface area contributed by atoms with Crippen molar-refractivity contribution >= 4 is 5.91 Å². The fraction of sp³-hybridized carbons (Fsp3) is 0.529. The molecule has 119 valence electrons. The number of unbranched alkanes of at least 4 members (excludes halogenated alkanes) is 1. The third-order valence-electron chi connectivity index (χ3n) is 2.83. The molecular formula is C17H31N2OY-. The summed E-state index contributed by atoms with van der Waals surface area (Å²) in [7, 11) is 3.37. The van der Waals surface area contributed by atoms with Gasteiger partial charge < -0.3 is 10.6 Å². The predicted octanol–water partition coefficient (Wildman–Crippen LogP) is 3.32. The molecule has 0 saturated carbocycles. The Morgan fingerprint density at radius 3 is 1.86 bits per heavy atom. The van der Waals surface area contributed by atoms with Crippen molar-refractivity contribution < 1.29 is 37.5 Å². The van der Waals surface area contributed by atoms with Crippen molar-refractivity contribution in [1.29, 1.82) is 0 Å². The molecule has 1 radical (unpaired) electrons. The van der Waals surface area contributed by atoms with E-state index in [1.165, 1.54) is 18.4 Å². The molecule has 4 heteroatoms. The van der Waals surface area contributed by atoms with Crippen molar-refractivity contribution in [2.45, 2.75) is 46.6 Å². The molecule has 3 nitrogen and oxygen atoms in total. The quantitative estimate of drug-likeness (QED) is 0.804. The molecule has 1 rings (SSSR count). The van der Waals surface area contributed by atoms with E-state index in [4.69, 9.17) is 0 Å². The summed E-state index contributed by atoms with van der Waals surface area (Å²) in [5.41, 5.74) is 2.38. The first-order valence-corrected chi connectivity index (χ1v) is 7.20. The van der Waals surface area contributed by atoms with Crippen LogP contribution >= 0.6 is 0 Å². The molecule has 21 heavy (non-hydrogen) atoms. The molecule has 0 heterocycles. The summed E-state index contributed by atoms with van der Waals surface area (Å²) >= 11 is 0. The molecule has 0 aliphatic heterocycles. The van der Waals surface area contributed by atoms with Crippen LogP contribution in [0, 0.1) is 13.8 Å². The summed E-state index contributed by atoms with van der Waals surface area (Å²) in [5, 5.41) is 5.32. The van der Waals surface area contributed by atoms with E-state index in [2.05, 4.69) is 44.4 Å². The van der Waals surface area contributed by atoms with Crippen molar-refractivity contribution in [3.63, 3.8) is 0 Å². The summed E-state index contributed by atoms with van der Waals surface area (Å²) < 4.78 is 0. The normalized spacial score (nSPS) is 9.81. The van der Waals surface area contributed by atoms with E-state index in [1.54, 1.807) is 21.0 Å². The second-order valence-electron chi connectivity index (χ2n) is 4.55. The molecule has 1 aromatic rings. The second kappa shape index (κ2) is 17.7. The Morgan fingerprint density at radius 2 is 1.67 bits per heavy atom. The van der Waals surface area contributed by atoms with Crippen molar-refractivity contribution in [3.8, 4) is 0 Å². The molecule has 0 bridgehead atoms. The van der Waals surface area contributed by atoms with Crippen LogP contribution in [0.3, 0.4) is 0 Å². The Labute approximate surface area is 156 Å². The maximum absolute atomic E-state index is 10.6. The maximum Gasteiger partial charge on any atom is 0.236 e. The number of hydrogen-bond donors (Lipinski definition) is 2. The molecule has 0 saturated heterocycles. The Hall–Kier alpha value is -0.376. The van der Waals surface area contributed by atoms with Crippen molar-refractivity contribution in [1.82, 2.24) is 10.6 Å². The van der Waals surface area contributed by atoms with E-state index in [1.807, 2.05) is 18.2 Å². The van der Waals surface area contributed by atoms with Crippen molar-refractivity contribution in [3.05, 3.63) is 42.3 Å². The van der Waals surface area contributed by atoms with E-state index in [9.17, 15) is 4.79 Å². The van der Waals surface area contributed by atoms with Crippen LogP contribution in [0.2, 0.25) is 0 Å². The number of rotatable bonds is 3. The summed E-state index contributed by atoms with van der Waals surface area (Å²) in [6.07, 6.45) is 2.64. The van der Waals surface area contributed by atoms with Crippen LogP contribution in [0.25, 0.3) is 0 Å². The van der Waals surface area contributed by atoms with Crippen LogP contribution in [0.5, 0.6) is 0 Å². The fourth-order valence-electron chi connectivity index (χ4n) is 0.958. The molecule has 2 N–H and O–H groups in total. The van der Waals surface area contributed by atoms with Gasteiger partial charge >= 0.3 is 0 Å². The standard InChI is InChI=1S/C8H9.C5H12N2O.C4H10.Y/c1-7-5-3-4-6-8(7)2;1-4(6-2)5(8)7-3;1-3-4-2;/h3-6H,1H2,2H3;4,6H,1-3H3,(H,7,8);3-4H2,1-2H3;/q-1;;;. The molecule has 0 fully saturated rings. The fourth-order valence-corrected chi connectivity index (χ4v) is 0.958. The molecule has 1 atom stereocenters. The molecule has 0 aliphatic carbocycles. The van der Waals surface area contributed by atoms with Gasteiger partial charge in [-0.15, -0.1) is 12.1 Å². The number of amides is 1. The van der Waals surface area contributed by atoms with Gasteiger partial charge in [0, 0.05) is 39.8 Å². The number of carbonyl (C=O) groups is 1. The van der Waals surface area contributed by atoms with Gasteiger partial charge in [-0.1, -0.05) is 39.7 Å². The van der Waals surface area contributed by atoms with Crippen molar-refractivity contribution in [2.24, 2.45) is 0 Å². The van der Waals surface area contributed by atoms with Gasteiger partial charge in [-0.3, -0.25) is 4.79 Å². The van der Waals surface area contributed by atoms with Gasteiger partial charge in [0.05, 0.1) is 6.04 Å². The molecule has 0 spiro atoms. The van der Waals surface area contributed by atoms with Gasteiger partial charge in [-0.05, 0) is 14.0 Å². The molecule has 0 aromatic heterocycles. The second-order valence-corrected chi connectivity index (χ2v) is 4.55. The van der Waals surface area contributed by atoms with Gasteiger partial charge in [0.2, 0.25) is 5.91 Å². The van der Waals surface area contributed by atoms with Gasteiger partial charge in [-0.2, -0.15) is 24.1 Å². The Balaban J connectivity index is -0.000000239. The average Bonchev–Trinajstić information content (AvgIpc) is 2.49. The van der Waals surface area contributed by atoms with Crippen LogP contribution in [-0.2, 0) is 37.5 Å². The van der Waals surface area contributed by atoms with Gasteiger partial charge in [0.1, 0.15) is 0 Å². The van der Waals surface area contributed by atoms with Crippen LogP contribution in [-0.4, -0.2) is 26.0 Å². The molecule has 1 unspecified atom stereocenters.